The van der Waals surface area contributed by atoms with Gasteiger partial charge in [-0.2, -0.15) is 5.10 Å². The van der Waals surface area contributed by atoms with Crippen molar-refractivity contribution in [2.75, 3.05) is 13.1 Å². The van der Waals surface area contributed by atoms with Gasteiger partial charge in [-0.15, -0.1) is 6.58 Å². The second-order valence-electron chi connectivity index (χ2n) is 5.52. The Kier molecular flexibility index (Phi) is 4.52. The molecule has 2 N–H and O–H groups in total. The predicted molar refractivity (Wildman–Crippen MR) is 85.3 cm³/mol. The zero-order valence-corrected chi connectivity index (χ0v) is 12.8. The Hall–Kier alpha value is -2.47. The van der Waals surface area contributed by atoms with Gasteiger partial charge in [0.2, 0.25) is 0 Å². The van der Waals surface area contributed by atoms with E-state index in [0.717, 1.165) is 24.2 Å². The van der Waals surface area contributed by atoms with Gasteiger partial charge < -0.3 is 10.2 Å². The van der Waals surface area contributed by atoms with Crippen LogP contribution in [0.25, 0.3) is 0 Å². The van der Waals surface area contributed by atoms with Crippen LogP contribution in [0.2, 0.25) is 0 Å². The number of nitrogens with zero attached hydrogens (tertiary/aromatic N) is 2. The fraction of sp³-hybridized carbons (Fsp3) is 0.294. The summed E-state index contributed by atoms with van der Waals surface area (Å²) < 4.78 is 13.9. The SMILES string of the molecule is C=CCN(Cc1ccccc1F)C(=O)c1n[nH]c2c1CNCC2. The average Bonchev–Trinajstić information content (AvgIpc) is 3.00. The highest BCUT2D eigenvalue weighted by atomic mass is 19.1. The minimum Gasteiger partial charge on any atom is -0.329 e. The molecule has 0 aliphatic carbocycles. The lowest BCUT2D eigenvalue weighted by molar-refractivity contribution is 0.0754. The zero-order chi connectivity index (χ0) is 16.2. The molecule has 0 saturated carbocycles. The van der Waals surface area contributed by atoms with Gasteiger partial charge in [-0.3, -0.25) is 9.89 Å². The van der Waals surface area contributed by atoms with Crippen LogP contribution in [0.3, 0.4) is 0 Å². The average molecular weight is 314 g/mol. The normalized spacial score (nSPS) is 13.4. The molecular weight excluding hydrogens is 295 g/mol. The molecule has 0 saturated heterocycles. The van der Waals surface area contributed by atoms with Gasteiger partial charge in [-0.05, 0) is 6.07 Å². The molecule has 1 aromatic carbocycles. The Morgan fingerprint density at radius 2 is 2.26 bits per heavy atom. The summed E-state index contributed by atoms with van der Waals surface area (Å²) in [4.78, 5) is 14.4. The molecule has 5 nitrogen and oxygen atoms in total. The summed E-state index contributed by atoms with van der Waals surface area (Å²) in [6.45, 7) is 5.70. The molecule has 2 aromatic rings. The number of nitrogens with one attached hydrogen (secondary N) is 2. The third-order valence-electron chi connectivity index (χ3n) is 3.96. The van der Waals surface area contributed by atoms with E-state index in [4.69, 9.17) is 0 Å². The quantitative estimate of drug-likeness (QED) is 0.830. The van der Waals surface area contributed by atoms with Crippen LogP contribution >= 0.6 is 0 Å². The fourth-order valence-electron chi connectivity index (χ4n) is 2.76. The largest absolute Gasteiger partial charge is 0.329 e. The smallest absolute Gasteiger partial charge is 0.275 e. The van der Waals surface area contributed by atoms with Gasteiger partial charge in [0.1, 0.15) is 5.82 Å². The lowest BCUT2D eigenvalue weighted by Crippen LogP contribution is -2.33. The molecule has 6 heteroatoms. The maximum atomic E-state index is 13.9. The summed E-state index contributed by atoms with van der Waals surface area (Å²) in [6, 6.07) is 6.47. The first-order valence-electron chi connectivity index (χ1n) is 7.61. The van der Waals surface area contributed by atoms with E-state index in [1.54, 1.807) is 29.2 Å². The number of aromatic nitrogens is 2. The molecule has 1 aliphatic heterocycles. The molecule has 0 atom stereocenters. The summed E-state index contributed by atoms with van der Waals surface area (Å²) in [5.41, 5.74) is 2.79. The highest BCUT2D eigenvalue weighted by Gasteiger charge is 2.25. The highest BCUT2D eigenvalue weighted by Crippen LogP contribution is 2.19. The molecule has 120 valence electrons. The van der Waals surface area contributed by atoms with E-state index >= 15 is 0 Å². The van der Waals surface area contributed by atoms with E-state index in [0.29, 0.717) is 24.3 Å². The van der Waals surface area contributed by atoms with E-state index in [2.05, 4.69) is 22.1 Å². The van der Waals surface area contributed by atoms with Gasteiger partial charge >= 0.3 is 0 Å². The standard InChI is InChI=1S/C17H19FN4O/c1-2-9-22(11-12-5-3-4-6-14(12)18)17(23)16-13-10-19-8-7-15(13)20-21-16/h2-6,19H,1,7-11H2,(H,20,21). The number of carbonyl (C=O) groups excluding carboxylic acids is 1. The first-order chi connectivity index (χ1) is 11.2. The van der Waals surface area contributed by atoms with Crippen LogP contribution in [-0.2, 0) is 19.5 Å². The maximum Gasteiger partial charge on any atom is 0.275 e. The first-order valence-corrected chi connectivity index (χ1v) is 7.61. The number of aromatic amines is 1. The Bertz CT molecular complexity index is 725. The Morgan fingerprint density at radius 3 is 3.04 bits per heavy atom. The molecule has 0 unspecified atom stereocenters. The monoisotopic (exact) mass is 314 g/mol. The summed E-state index contributed by atoms with van der Waals surface area (Å²) >= 11 is 0. The van der Waals surface area contributed by atoms with Crippen molar-refractivity contribution in [3.63, 3.8) is 0 Å². The van der Waals surface area contributed by atoms with E-state index in [1.165, 1.54) is 6.07 Å². The molecule has 0 bridgehead atoms. The van der Waals surface area contributed by atoms with Crippen molar-refractivity contribution in [1.82, 2.24) is 20.4 Å². The van der Waals surface area contributed by atoms with Crippen molar-refractivity contribution in [3.05, 3.63) is 65.3 Å². The van der Waals surface area contributed by atoms with Crippen LogP contribution < -0.4 is 5.32 Å². The van der Waals surface area contributed by atoms with Gasteiger partial charge in [0, 0.05) is 49.4 Å². The van der Waals surface area contributed by atoms with Crippen molar-refractivity contribution >= 4 is 5.91 Å². The molecule has 1 amide bonds. The number of hydrogen-bond acceptors (Lipinski definition) is 3. The topological polar surface area (TPSA) is 61.0 Å². The Balaban J connectivity index is 1.86. The number of H-pyrrole nitrogens is 1. The molecule has 0 fully saturated rings. The summed E-state index contributed by atoms with van der Waals surface area (Å²) in [7, 11) is 0. The van der Waals surface area contributed by atoms with Gasteiger partial charge in [0.25, 0.3) is 5.91 Å². The second-order valence-corrected chi connectivity index (χ2v) is 5.52. The van der Waals surface area contributed by atoms with Crippen molar-refractivity contribution in [3.8, 4) is 0 Å². The minimum atomic E-state index is -0.319. The molecular formula is C17H19FN4O. The van der Waals surface area contributed by atoms with E-state index < -0.39 is 0 Å². The number of hydrogen-bond donors (Lipinski definition) is 2. The number of benzene rings is 1. The highest BCUT2D eigenvalue weighted by molar-refractivity contribution is 5.94. The summed E-state index contributed by atoms with van der Waals surface area (Å²) in [5, 5.41) is 10.4. The van der Waals surface area contributed by atoms with Crippen molar-refractivity contribution < 1.29 is 9.18 Å². The third kappa shape index (κ3) is 3.17. The van der Waals surface area contributed by atoms with E-state index in [9.17, 15) is 9.18 Å². The number of carbonyl (C=O) groups is 1. The first kappa shape index (κ1) is 15.4. The predicted octanol–water partition coefficient (Wildman–Crippen LogP) is 2.02. The Morgan fingerprint density at radius 1 is 1.43 bits per heavy atom. The molecule has 23 heavy (non-hydrogen) atoms. The molecule has 1 aromatic heterocycles. The van der Waals surface area contributed by atoms with Crippen molar-refractivity contribution in [2.24, 2.45) is 0 Å². The number of rotatable bonds is 5. The van der Waals surface area contributed by atoms with Crippen molar-refractivity contribution in [1.29, 1.82) is 0 Å². The lowest BCUT2D eigenvalue weighted by Gasteiger charge is -2.22. The van der Waals surface area contributed by atoms with Gasteiger partial charge in [0.05, 0.1) is 0 Å². The van der Waals surface area contributed by atoms with Crippen LogP contribution in [0.4, 0.5) is 4.39 Å². The fourth-order valence-corrected chi connectivity index (χ4v) is 2.76. The summed E-state index contributed by atoms with van der Waals surface area (Å²) in [6.07, 6.45) is 2.46. The number of fused-ring (bicyclic) bond motifs is 1. The summed E-state index contributed by atoms with van der Waals surface area (Å²) in [5.74, 6) is -0.533. The third-order valence-corrected chi connectivity index (χ3v) is 3.96. The maximum absolute atomic E-state index is 13.9. The zero-order valence-electron chi connectivity index (χ0n) is 12.8. The molecule has 1 aliphatic rings. The lowest BCUT2D eigenvalue weighted by atomic mass is 10.1. The van der Waals surface area contributed by atoms with Gasteiger partial charge in [-0.1, -0.05) is 24.3 Å². The van der Waals surface area contributed by atoms with Crippen LogP contribution in [0.15, 0.2) is 36.9 Å². The number of halogens is 1. The second kappa shape index (κ2) is 6.75. The van der Waals surface area contributed by atoms with Crippen LogP contribution in [0.5, 0.6) is 0 Å². The minimum absolute atomic E-state index is 0.187. The molecule has 3 rings (SSSR count). The van der Waals surface area contributed by atoms with E-state index in [-0.39, 0.29) is 18.3 Å². The van der Waals surface area contributed by atoms with E-state index in [1.807, 2.05) is 0 Å². The molecule has 2 heterocycles. The Labute approximate surface area is 134 Å². The molecule has 0 radical (unpaired) electrons. The molecule has 0 spiro atoms. The van der Waals surface area contributed by atoms with Gasteiger partial charge in [0.15, 0.2) is 5.69 Å². The van der Waals surface area contributed by atoms with Crippen molar-refractivity contribution in [2.45, 2.75) is 19.5 Å². The van der Waals surface area contributed by atoms with Gasteiger partial charge in [-0.25, -0.2) is 4.39 Å². The van der Waals surface area contributed by atoms with Crippen LogP contribution in [0.1, 0.15) is 27.3 Å². The van der Waals surface area contributed by atoms with Crippen LogP contribution in [0, 0.1) is 5.82 Å². The number of amides is 1. The van der Waals surface area contributed by atoms with Crippen LogP contribution in [-0.4, -0.2) is 34.1 Å².